The number of hydrogen-bond donors (Lipinski definition) is 2. The van der Waals surface area contributed by atoms with Crippen LogP contribution in [0.1, 0.15) is 36.5 Å². The van der Waals surface area contributed by atoms with E-state index >= 15 is 0 Å². The first-order valence-electron chi connectivity index (χ1n) is 11.5. The highest BCUT2D eigenvalue weighted by molar-refractivity contribution is 6.30. The smallest absolute Gasteiger partial charge is 0.321 e. The second-order valence-electron chi connectivity index (χ2n) is 8.84. The third-order valence-electron chi connectivity index (χ3n) is 6.69. The molecule has 1 unspecified atom stereocenters. The Labute approximate surface area is 199 Å². The van der Waals surface area contributed by atoms with E-state index in [1.807, 2.05) is 32.0 Å². The van der Waals surface area contributed by atoms with Gasteiger partial charge in [0.2, 0.25) is 0 Å². The highest BCUT2D eigenvalue weighted by Gasteiger charge is 2.28. The molecule has 1 saturated heterocycles. The number of halogens is 1. The largest absolute Gasteiger partial charge is 0.322 e. The summed E-state index contributed by atoms with van der Waals surface area (Å²) < 4.78 is 0. The Kier molecular flexibility index (Phi) is 7.05. The maximum atomic E-state index is 13.3. The number of anilines is 1. The van der Waals surface area contributed by atoms with Gasteiger partial charge in [-0.15, -0.1) is 0 Å². The van der Waals surface area contributed by atoms with E-state index in [0.717, 1.165) is 48.0 Å². The van der Waals surface area contributed by atoms with E-state index in [4.69, 9.17) is 11.6 Å². The lowest BCUT2D eigenvalue weighted by atomic mass is 10.0. The Balaban J connectivity index is 1.64. The standard InChI is InChI=1S/C26H31ClN4O2/c1-4-30-12-6-9-23(30)16-31(26(33)28-22-8-5-7-21(27)14-22)15-20-13-19-11-10-17(2)18(3)24(19)29-25(20)32/h5,7-8,10-11,13-14,23H,4,6,9,12,15-16H2,1-3H3,(H,28,33)(H,29,32). The van der Waals surface area contributed by atoms with Gasteiger partial charge in [0.15, 0.2) is 0 Å². The average Bonchev–Trinajstić information content (AvgIpc) is 3.24. The van der Waals surface area contributed by atoms with E-state index in [2.05, 4.69) is 28.2 Å². The zero-order valence-corrected chi connectivity index (χ0v) is 20.2. The van der Waals surface area contributed by atoms with Crippen LogP contribution >= 0.6 is 11.6 Å². The van der Waals surface area contributed by atoms with Gasteiger partial charge in [-0.1, -0.05) is 36.7 Å². The number of carbonyl (C=O) groups is 1. The minimum atomic E-state index is -0.236. The minimum Gasteiger partial charge on any atom is -0.321 e. The normalized spacial score (nSPS) is 16.3. The van der Waals surface area contributed by atoms with E-state index in [1.165, 1.54) is 0 Å². The highest BCUT2D eigenvalue weighted by atomic mass is 35.5. The third kappa shape index (κ3) is 5.23. The number of amides is 2. The molecule has 4 rings (SSSR count). The van der Waals surface area contributed by atoms with Crippen LogP contribution < -0.4 is 10.9 Å². The van der Waals surface area contributed by atoms with Crippen molar-refractivity contribution < 1.29 is 4.79 Å². The predicted octanol–water partition coefficient (Wildman–Crippen LogP) is 5.32. The van der Waals surface area contributed by atoms with Crippen LogP contribution in [0.3, 0.4) is 0 Å². The highest BCUT2D eigenvalue weighted by Crippen LogP contribution is 2.22. The summed E-state index contributed by atoms with van der Waals surface area (Å²) in [6.07, 6.45) is 2.17. The van der Waals surface area contributed by atoms with E-state index in [0.29, 0.717) is 22.8 Å². The van der Waals surface area contributed by atoms with Crippen molar-refractivity contribution in [1.29, 1.82) is 0 Å². The molecular formula is C26H31ClN4O2. The van der Waals surface area contributed by atoms with Gasteiger partial charge in [0, 0.05) is 28.9 Å². The molecule has 0 bridgehead atoms. The van der Waals surface area contributed by atoms with Crippen LogP contribution in [0.5, 0.6) is 0 Å². The molecule has 2 heterocycles. The number of urea groups is 1. The second kappa shape index (κ2) is 9.98. The zero-order valence-electron chi connectivity index (χ0n) is 19.5. The molecule has 1 aromatic heterocycles. The van der Waals surface area contributed by atoms with Crippen molar-refractivity contribution in [3.8, 4) is 0 Å². The number of aromatic nitrogens is 1. The molecular weight excluding hydrogens is 436 g/mol. The van der Waals surface area contributed by atoms with E-state index < -0.39 is 0 Å². The van der Waals surface area contributed by atoms with Crippen LogP contribution in [0.2, 0.25) is 5.02 Å². The molecule has 0 saturated carbocycles. The van der Waals surface area contributed by atoms with Gasteiger partial charge in [0.25, 0.3) is 5.56 Å². The monoisotopic (exact) mass is 466 g/mol. The minimum absolute atomic E-state index is 0.157. The fraction of sp³-hybridized carbons (Fsp3) is 0.385. The fourth-order valence-corrected chi connectivity index (χ4v) is 4.84. The van der Waals surface area contributed by atoms with Crippen LogP contribution in [0, 0.1) is 13.8 Å². The van der Waals surface area contributed by atoms with Crippen LogP contribution in [0.4, 0.5) is 10.5 Å². The fourth-order valence-electron chi connectivity index (χ4n) is 4.65. The lowest BCUT2D eigenvalue weighted by Crippen LogP contribution is -2.45. The summed E-state index contributed by atoms with van der Waals surface area (Å²) in [4.78, 5) is 33.5. The van der Waals surface area contributed by atoms with Crippen LogP contribution in [-0.4, -0.2) is 46.5 Å². The van der Waals surface area contributed by atoms with Crippen molar-refractivity contribution in [2.75, 3.05) is 25.0 Å². The summed E-state index contributed by atoms with van der Waals surface area (Å²) in [5, 5.41) is 4.49. The Morgan fingerprint density at radius 2 is 2.06 bits per heavy atom. The maximum Gasteiger partial charge on any atom is 0.322 e. The molecule has 0 aliphatic carbocycles. The number of benzene rings is 2. The van der Waals surface area contributed by atoms with E-state index in [1.54, 1.807) is 23.1 Å². The molecule has 33 heavy (non-hydrogen) atoms. The zero-order chi connectivity index (χ0) is 23.5. The summed E-state index contributed by atoms with van der Waals surface area (Å²) in [5.41, 5.74) is 4.11. The van der Waals surface area contributed by atoms with Crippen molar-refractivity contribution in [3.63, 3.8) is 0 Å². The van der Waals surface area contributed by atoms with E-state index in [-0.39, 0.29) is 24.2 Å². The number of likely N-dealkylation sites (tertiary alicyclic amines) is 1. The number of aryl methyl sites for hydroxylation is 2. The van der Waals surface area contributed by atoms with Gasteiger partial charge in [0.1, 0.15) is 0 Å². The molecule has 1 fully saturated rings. The summed E-state index contributed by atoms with van der Waals surface area (Å²) in [5.74, 6) is 0. The Hall–Kier alpha value is -2.83. The summed E-state index contributed by atoms with van der Waals surface area (Å²) in [6, 6.07) is 13.1. The molecule has 2 amide bonds. The number of nitrogens with one attached hydrogen (secondary N) is 2. The van der Waals surface area contributed by atoms with Crippen LogP contribution in [-0.2, 0) is 6.54 Å². The SMILES string of the molecule is CCN1CCCC1CN(Cc1cc2ccc(C)c(C)c2[nH]c1=O)C(=O)Nc1cccc(Cl)c1. The first-order chi connectivity index (χ1) is 15.9. The Morgan fingerprint density at radius 3 is 2.82 bits per heavy atom. The number of hydrogen-bond acceptors (Lipinski definition) is 3. The third-order valence-corrected chi connectivity index (χ3v) is 6.92. The summed E-state index contributed by atoms with van der Waals surface area (Å²) in [7, 11) is 0. The molecule has 1 atom stereocenters. The number of carbonyl (C=O) groups excluding carboxylic acids is 1. The first-order valence-corrected chi connectivity index (χ1v) is 11.9. The molecule has 1 aliphatic heterocycles. The summed E-state index contributed by atoms with van der Waals surface area (Å²) >= 11 is 6.10. The topological polar surface area (TPSA) is 68.4 Å². The van der Waals surface area contributed by atoms with Gasteiger partial charge < -0.3 is 15.2 Å². The van der Waals surface area contributed by atoms with Crippen molar-refractivity contribution in [3.05, 3.63) is 74.5 Å². The van der Waals surface area contributed by atoms with Crippen molar-refractivity contribution in [2.45, 2.75) is 46.2 Å². The number of aromatic amines is 1. The van der Waals surface area contributed by atoms with Gasteiger partial charge in [-0.05, 0) is 80.6 Å². The molecule has 0 radical (unpaired) electrons. The lowest BCUT2D eigenvalue weighted by molar-refractivity contribution is 0.174. The second-order valence-corrected chi connectivity index (χ2v) is 9.28. The average molecular weight is 467 g/mol. The summed E-state index contributed by atoms with van der Waals surface area (Å²) in [6.45, 7) is 8.97. The number of pyridine rings is 1. The quantitative estimate of drug-likeness (QED) is 0.516. The first kappa shape index (κ1) is 23.3. The Morgan fingerprint density at radius 1 is 1.24 bits per heavy atom. The van der Waals surface area contributed by atoms with E-state index in [9.17, 15) is 9.59 Å². The van der Waals surface area contributed by atoms with Crippen molar-refractivity contribution in [2.24, 2.45) is 0 Å². The number of fused-ring (bicyclic) bond motifs is 1. The van der Waals surface area contributed by atoms with Gasteiger partial charge in [-0.2, -0.15) is 0 Å². The number of rotatable bonds is 6. The number of nitrogens with zero attached hydrogens (tertiary/aromatic N) is 2. The molecule has 6 nitrogen and oxygen atoms in total. The molecule has 1 aliphatic rings. The van der Waals surface area contributed by atoms with Crippen molar-refractivity contribution >= 4 is 34.2 Å². The molecule has 2 aromatic carbocycles. The van der Waals surface area contributed by atoms with Gasteiger partial charge >= 0.3 is 6.03 Å². The number of H-pyrrole nitrogens is 1. The van der Waals surface area contributed by atoms with Crippen LogP contribution in [0.25, 0.3) is 10.9 Å². The molecule has 2 N–H and O–H groups in total. The van der Waals surface area contributed by atoms with Gasteiger partial charge in [-0.3, -0.25) is 9.69 Å². The molecule has 3 aromatic rings. The van der Waals surface area contributed by atoms with Gasteiger partial charge in [0.05, 0.1) is 12.1 Å². The predicted molar refractivity (Wildman–Crippen MR) is 135 cm³/mol. The maximum absolute atomic E-state index is 13.3. The van der Waals surface area contributed by atoms with Crippen LogP contribution in [0.15, 0.2) is 47.3 Å². The Bertz CT molecular complexity index is 1220. The number of likely N-dealkylation sites (N-methyl/N-ethyl adjacent to an activating group) is 1. The van der Waals surface area contributed by atoms with Crippen molar-refractivity contribution in [1.82, 2.24) is 14.8 Å². The molecule has 7 heteroatoms. The molecule has 0 spiro atoms. The van der Waals surface area contributed by atoms with Gasteiger partial charge in [-0.25, -0.2) is 4.79 Å². The lowest BCUT2D eigenvalue weighted by Gasteiger charge is -2.30. The molecule has 174 valence electrons.